The molecule has 1 heterocycles. The lowest BCUT2D eigenvalue weighted by atomic mass is 10.1. The number of carbonyl (C=O) groups is 1. The molecule has 0 atom stereocenters. The molecule has 1 aromatic rings. The number of aryl methyl sites for hydroxylation is 3. The Bertz CT molecular complexity index is 711. The summed E-state index contributed by atoms with van der Waals surface area (Å²) in [7, 11) is -3.62. The zero-order valence-electron chi connectivity index (χ0n) is 16.3. The van der Waals surface area contributed by atoms with Crippen LogP contribution in [0, 0.1) is 20.8 Å². The van der Waals surface area contributed by atoms with E-state index in [1.54, 1.807) is 13.8 Å². The zero-order chi connectivity index (χ0) is 19.2. The summed E-state index contributed by atoms with van der Waals surface area (Å²) in [5.74, 6) is -0.139. The summed E-state index contributed by atoms with van der Waals surface area (Å²) in [6.07, 6.45) is 0.130. The van der Waals surface area contributed by atoms with Crippen molar-refractivity contribution in [1.29, 1.82) is 0 Å². The van der Waals surface area contributed by atoms with Crippen LogP contribution in [0.2, 0.25) is 0 Å². The van der Waals surface area contributed by atoms with Crippen LogP contribution in [0.25, 0.3) is 0 Å². The highest BCUT2D eigenvalue weighted by Gasteiger charge is 2.19. The molecule has 1 aromatic carbocycles. The molecule has 0 unspecified atom stereocenters. The van der Waals surface area contributed by atoms with Crippen LogP contribution in [-0.2, 0) is 14.8 Å². The lowest BCUT2D eigenvalue weighted by Gasteiger charge is -2.27. The van der Waals surface area contributed by atoms with E-state index in [0.29, 0.717) is 11.4 Å². The van der Waals surface area contributed by atoms with Crippen LogP contribution in [-0.4, -0.2) is 65.0 Å². The third kappa shape index (κ3) is 7.38. The van der Waals surface area contributed by atoms with Gasteiger partial charge in [0.1, 0.15) is 0 Å². The average Bonchev–Trinajstić information content (AvgIpc) is 2.54. The number of halogens is 1. The van der Waals surface area contributed by atoms with Crippen molar-refractivity contribution in [2.45, 2.75) is 32.1 Å². The van der Waals surface area contributed by atoms with Gasteiger partial charge in [-0.2, -0.15) is 0 Å². The molecule has 3 N–H and O–H groups in total. The normalized spacial score (nSPS) is 15.2. The highest BCUT2D eigenvalue weighted by Crippen LogP contribution is 2.21. The van der Waals surface area contributed by atoms with Crippen molar-refractivity contribution in [3.05, 3.63) is 28.8 Å². The number of hydrogen-bond donors (Lipinski definition) is 3. The molecule has 0 aromatic heterocycles. The molecule has 154 valence electrons. The lowest BCUT2D eigenvalue weighted by molar-refractivity contribution is -0.120. The third-order valence-corrected chi connectivity index (χ3v) is 6.24. The Balaban J connectivity index is 0.00000364. The molecule has 0 radical (unpaired) electrons. The van der Waals surface area contributed by atoms with Gasteiger partial charge in [0.25, 0.3) is 0 Å². The van der Waals surface area contributed by atoms with E-state index >= 15 is 0 Å². The first-order chi connectivity index (χ1) is 12.3. The van der Waals surface area contributed by atoms with Gasteiger partial charge < -0.3 is 10.6 Å². The fourth-order valence-corrected chi connectivity index (χ4v) is 4.82. The van der Waals surface area contributed by atoms with E-state index < -0.39 is 10.0 Å². The summed E-state index contributed by atoms with van der Waals surface area (Å²) in [5.41, 5.74) is 2.47. The second kappa shape index (κ2) is 11.0. The van der Waals surface area contributed by atoms with E-state index in [0.717, 1.165) is 49.4 Å². The van der Waals surface area contributed by atoms with Crippen molar-refractivity contribution in [3.8, 4) is 0 Å². The Labute approximate surface area is 168 Å². The Morgan fingerprint density at radius 1 is 1.11 bits per heavy atom. The van der Waals surface area contributed by atoms with E-state index in [-0.39, 0.29) is 31.3 Å². The third-order valence-electron chi connectivity index (χ3n) is 4.48. The molecule has 0 saturated carbocycles. The van der Waals surface area contributed by atoms with Crippen molar-refractivity contribution in [2.75, 3.05) is 45.8 Å². The van der Waals surface area contributed by atoms with Gasteiger partial charge in [-0.05, 0) is 31.9 Å². The molecule has 0 bridgehead atoms. The smallest absolute Gasteiger partial charge is 0.241 e. The minimum atomic E-state index is -3.62. The van der Waals surface area contributed by atoms with E-state index in [4.69, 9.17) is 0 Å². The number of rotatable bonds is 8. The number of carbonyl (C=O) groups excluding carboxylic acids is 1. The first-order valence-electron chi connectivity index (χ1n) is 9.07. The SMILES string of the molecule is Cc1cc(C)c(S(=O)(=O)NCCC(=O)NCCN2CCNCC2)c(C)c1.Cl. The first-order valence-corrected chi connectivity index (χ1v) is 10.6. The monoisotopic (exact) mass is 418 g/mol. The Morgan fingerprint density at radius 2 is 1.70 bits per heavy atom. The van der Waals surface area contributed by atoms with Gasteiger partial charge in [0.2, 0.25) is 15.9 Å². The highest BCUT2D eigenvalue weighted by molar-refractivity contribution is 7.89. The van der Waals surface area contributed by atoms with Crippen LogP contribution in [0.15, 0.2) is 17.0 Å². The molecule has 1 aliphatic rings. The summed E-state index contributed by atoms with van der Waals surface area (Å²) >= 11 is 0. The van der Waals surface area contributed by atoms with Gasteiger partial charge >= 0.3 is 0 Å². The summed E-state index contributed by atoms with van der Waals surface area (Å²) in [5, 5.41) is 6.14. The largest absolute Gasteiger partial charge is 0.355 e. The van der Waals surface area contributed by atoms with Crippen LogP contribution >= 0.6 is 12.4 Å². The molecule has 1 saturated heterocycles. The summed E-state index contributed by atoms with van der Waals surface area (Å²) in [6, 6.07) is 3.70. The quantitative estimate of drug-likeness (QED) is 0.578. The molecular weight excluding hydrogens is 388 g/mol. The number of piperazine rings is 1. The maximum atomic E-state index is 12.5. The average molecular weight is 419 g/mol. The molecule has 1 aliphatic heterocycles. The summed E-state index contributed by atoms with van der Waals surface area (Å²) < 4.78 is 27.6. The summed E-state index contributed by atoms with van der Waals surface area (Å²) in [4.78, 5) is 14.5. The van der Waals surface area contributed by atoms with Gasteiger partial charge in [-0.1, -0.05) is 17.7 Å². The number of amides is 1. The van der Waals surface area contributed by atoms with Crippen LogP contribution in [0.5, 0.6) is 0 Å². The van der Waals surface area contributed by atoms with Crippen molar-refractivity contribution >= 4 is 28.3 Å². The lowest BCUT2D eigenvalue weighted by Crippen LogP contribution is -2.46. The number of benzene rings is 1. The van der Waals surface area contributed by atoms with Crippen LogP contribution in [0.4, 0.5) is 0 Å². The first kappa shape index (κ1) is 23.8. The second-order valence-electron chi connectivity index (χ2n) is 6.82. The van der Waals surface area contributed by atoms with E-state index in [1.807, 2.05) is 19.1 Å². The van der Waals surface area contributed by atoms with Gasteiger partial charge in [-0.15, -0.1) is 12.4 Å². The Hall–Kier alpha value is -1.19. The maximum Gasteiger partial charge on any atom is 0.241 e. The number of nitrogens with zero attached hydrogens (tertiary/aromatic N) is 1. The molecule has 7 nitrogen and oxygen atoms in total. The fraction of sp³-hybridized carbons (Fsp3) is 0.611. The minimum absolute atomic E-state index is 0. The number of sulfonamides is 1. The van der Waals surface area contributed by atoms with Crippen molar-refractivity contribution in [3.63, 3.8) is 0 Å². The van der Waals surface area contributed by atoms with Crippen molar-refractivity contribution < 1.29 is 13.2 Å². The molecule has 1 amide bonds. The molecule has 0 spiro atoms. The second-order valence-corrected chi connectivity index (χ2v) is 8.52. The molecule has 0 aliphatic carbocycles. The van der Waals surface area contributed by atoms with Gasteiger partial charge in [0.05, 0.1) is 4.90 Å². The molecule has 27 heavy (non-hydrogen) atoms. The molecule has 1 fully saturated rings. The molecular formula is C18H31ClN4O3S. The van der Waals surface area contributed by atoms with Gasteiger partial charge in [0.15, 0.2) is 0 Å². The van der Waals surface area contributed by atoms with Crippen molar-refractivity contribution in [2.24, 2.45) is 0 Å². The van der Waals surface area contributed by atoms with Crippen molar-refractivity contribution in [1.82, 2.24) is 20.3 Å². The predicted molar refractivity (Wildman–Crippen MR) is 110 cm³/mol. The van der Waals surface area contributed by atoms with E-state index in [2.05, 4.69) is 20.3 Å². The minimum Gasteiger partial charge on any atom is -0.355 e. The Kier molecular flexibility index (Phi) is 9.69. The highest BCUT2D eigenvalue weighted by atomic mass is 35.5. The topological polar surface area (TPSA) is 90.5 Å². The number of hydrogen-bond acceptors (Lipinski definition) is 5. The molecule has 9 heteroatoms. The van der Waals surface area contributed by atoms with Crippen LogP contribution < -0.4 is 15.4 Å². The van der Waals surface area contributed by atoms with E-state index in [1.165, 1.54) is 0 Å². The maximum absolute atomic E-state index is 12.5. The predicted octanol–water partition coefficient (Wildman–Crippen LogP) is 0.723. The number of nitrogens with one attached hydrogen (secondary N) is 3. The molecule has 2 rings (SSSR count). The van der Waals surface area contributed by atoms with Crippen LogP contribution in [0.1, 0.15) is 23.1 Å². The summed E-state index contributed by atoms with van der Waals surface area (Å²) in [6.45, 7) is 11.0. The van der Waals surface area contributed by atoms with E-state index in [9.17, 15) is 13.2 Å². The van der Waals surface area contributed by atoms with Gasteiger partial charge in [0, 0.05) is 52.2 Å². The van der Waals surface area contributed by atoms with Crippen LogP contribution in [0.3, 0.4) is 0 Å². The van der Waals surface area contributed by atoms with Gasteiger partial charge in [-0.3, -0.25) is 9.69 Å². The van der Waals surface area contributed by atoms with Gasteiger partial charge in [-0.25, -0.2) is 13.1 Å². The fourth-order valence-electron chi connectivity index (χ4n) is 3.34. The zero-order valence-corrected chi connectivity index (χ0v) is 17.9. The standard InChI is InChI=1S/C18H30N4O3S.ClH/c1-14-12-15(2)18(16(3)13-14)26(24,25)21-5-4-17(23)20-8-11-22-9-6-19-7-10-22;/h12-13,19,21H,4-11H2,1-3H3,(H,20,23);1H. The Morgan fingerprint density at radius 3 is 2.30 bits per heavy atom.